The van der Waals surface area contributed by atoms with Gasteiger partial charge in [0, 0.05) is 33.7 Å². The van der Waals surface area contributed by atoms with Crippen molar-refractivity contribution in [3.05, 3.63) is 156 Å². The monoisotopic (exact) mass is 612 g/mol. The summed E-state index contributed by atoms with van der Waals surface area (Å²) in [5.41, 5.74) is 12.8. The zero-order valence-electron chi connectivity index (χ0n) is 27.6. The Labute approximate surface area is 279 Å². The third kappa shape index (κ3) is 4.67. The first-order valence-electron chi connectivity index (χ1n) is 17.8. The number of rotatable bonds is 5. The van der Waals surface area contributed by atoms with Crippen molar-refractivity contribution >= 4 is 28.2 Å². The molecule has 0 aliphatic heterocycles. The molecule has 4 aromatic rings. The molecule has 3 aromatic carbocycles. The van der Waals surface area contributed by atoms with Gasteiger partial charge in [-0.15, -0.1) is 0 Å². The van der Waals surface area contributed by atoms with Crippen molar-refractivity contribution in [3.8, 4) is 5.69 Å². The molecule has 1 aromatic heterocycles. The summed E-state index contributed by atoms with van der Waals surface area (Å²) in [5, 5.41) is 1.37. The van der Waals surface area contributed by atoms with Gasteiger partial charge in [-0.25, -0.2) is 0 Å². The molecule has 234 valence electrons. The second-order valence-electron chi connectivity index (χ2n) is 14.7. The van der Waals surface area contributed by atoms with Crippen LogP contribution in [-0.4, -0.2) is 10.6 Å². The van der Waals surface area contributed by atoms with Crippen molar-refractivity contribution < 1.29 is 0 Å². The number of aromatic nitrogens is 1. The van der Waals surface area contributed by atoms with Crippen LogP contribution in [0.2, 0.25) is 0 Å². The van der Waals surface area contributed by atoms with Gasteiger partial charge in [-0.05, 0) is 115 Å². The number of nitrogens with zero attached hydrogens (tertiary/aromatic N) is 2. The topological polar surface area (TPSA) is 8.17 Å². The molecular weight excluding hydrogens is 569 g/mol. The van der Waals surface area contributed by atoms with Gasteiger partial charge < -0.3 is 9.47 Å². The number of allylic oxidation sites excluding steroid dienone is 10. The molecule has 47 heavy (non-hydrogen) atoms. The van der Waals surface area contributed by atoms with E-state index in [1.54, 1.807) is 5.57 Å². The lowest BCUT2D eigenvalue weighted by Crippen LogP contribution is -2.37. The van der Waals surface area contributed by atoms with Crippen LogP contribution in [0.1, 0.15) is 62.8 Å². The largest absolute Gasteiger partial charge is 0.338 e. The van der Waals surface area contributed by atoms with E-state index in [9.17, 15) is 0 Å². The maximum absolute atomic E-state index is 2.68. The summed E-state index contributed by atoms with van der Waals surface area (Å²) >= 11 is 0. The molecule has 0 bridgehead atoms. The van der Waals surface area contributed by atoms with Crippen LogP contribution in [-0.2, 0) is 6.42 Å². The first kappa shape index (κ1) is 28.6. The standard InChI is InChI=1S/C45H44N2/c1-45(2)41-19-11-9-17-37(41)38-27-26-36(30-42(38)45)46(33-13-5-3-6-14-33)35-24-21-31(22-25-35)32-23-28-44-40(29-32)39-18-10-12-20-43(39)47(44)34-15-7-4-8-16-34/h3-11,13-19,21,23-24,28-30,36-38,41H,12,20,22,25-27H2,1-2H3. The Kier molecular flexibility index (Phi) is 6.89. The molecule has 0 saturated heterocycles. The van der Waals surface area contributed by atoms with Crippen LogP contribution in [0.3, 0.4) is 0 Å². The molecule has 9 rings (SSSR count). The quantitative estimate of drug-likeness (QED) is 0.204. The molecule has 0 radical (unpaired) electrons. The molecule has 0 spiro atoms. The Hall–Kier alpha value is -4.56. The van der Waals surface area contributed by atoms with Crippen molar-refractivity contribution in [1.82, 2.24) is 4.57 Å². The molecule has 4 unspecified atom stereocenters. The minimum absolute atomic E-state index is 0.193. The van der Waals surface area contributed by atoms with Gasteiger partial charge in [-0.1, -0.05) is 110 Å². The Morgan fingerprint density at radius 1 is 0.809 bits per heavy atom. The van der Waals surface area contributed by atoms with E-state index in [0.29, 0.717) is 23.8 Å². The van der Waals surface area contributed by atoms with E-state index < -0.39 is 0 Å². The van der Waals surface area contributed by atoms with E-state index in [2.05, 4.69) is 157 Å². The van der Waals surface area contributed by atoms with E-state index >= 15 is 0 Å². The van der Waals surface area contributed by atoms with E-state index in [1.807, 2.05) is 0 Å². The van der Waals surface area contributed by atoms with Crippen LogP contribution in [0.25, 0.3) is 28.2 Å². The summed E-state index contributed by atoms with van der Waals surface area (Å²) < 4.78 is 2.49. The molecule has 5 aliphatic carbocycles. The molecule has 0 amide bonds. The first-order chi connectivity index (χ1) is 23.1. The predicted molar refractivity (Wildman–Crippen MR) is 198 cm³/mol. The summed E-state index contributed by atoms with van der Waals surface area (Å²) in [6, 6.07) is 29.6. The lowest BCUT2D eigenvalue weighted by atomic mass is 9.74. The van der Waals surface area contributed by atoms with Crippen LogP contribution >= 0.6 is 0 Å². The predicted octanol–water partition coefficient (Wildman–Crippen LogP) is 11.3. The Bertz CT molecular complexity index is 2030. The van der Waals surface area contributed by atoms with Gasteiger partial charge in [-0.3, -0.25) is 0 Å². The minimum Gasteiger partial charge on any atom is -0.338 e. The fourth-order valence-corrected chi connectivity index (χ4v) is 9.66. The van der Waals surface area contributed by atoms with Crippen LogP contribution in [0.15, 0.2) is 139 Å². The van der Waals surface area contributed by atoms with Gasteiger partial charge in [-0.2, -0.15) is 0 Å². The molecule has 2 nitrogen and oxygen atoms in total. The molecule has 1 fully saturated rings. The highest BCUT2D eigenvalue weighted by molar-refractivity contribution is 5.95. The summed E-state index contributed by atoms with van der Waals surface area (Å²) in [5.74, 6) is 1.93. The van der Waals surface area contributed by atoms with Crippen LogP contribution in [0.5, 0.6) is 0 Å². The van der Waals surface area contributed by atoms with Crippen molar-refractivity contribution in [2.75, 3.05) is 4.90 Å². The fourth-order valence-electron chi connectivity index (χ4n) is 9.66. The van der Waals surface area contributed by atoms with Crippen LogP contribution in [0, 0.1) is 23.2 Å². The molecule has 1 saturated carbocycles. The Balaban J connectivity index is 1.08. The van der Waals surface area contributed by atoms with Crippen LogP contribution < -0.4 is 4.90 Å². The lowest BCUT2D eigenvalue weighted by Gasteiger charge is -2.40. The second kappa shape index (κ2) is 11.3. The molecule has 4 atom stereocenters. The van der Waals surface area contributed by atoms with Crippen molar-refractivity contribution in [2.24, 2.45) is 23.2 Å². The van der Waals surface area contributed by atoms with Crippen LogP contribution in [0.4, 0.5) is 5.69 Å². The summed E-state index contributed by atoms with van der Waals surface area (Å²) in [6.45, 7) is 4.98. The fraction of sp³-hybridized carbons (Fsp3) is 0.289. The number of para-hydroxylation sites is 2. The molecule has 5 aliphatic rings. The van der Waals surface area contributed by atoms with E-state index in [-0.39, 0.29) is 5.41 Å². The molecule has 1 heterocycles. The van der Waals surface area contributed by atoms with Gasteiger partial charge in [0.2, 0.25) is 0 Å². The number of hydrogen-bond donors (Lipinski definition) is 0. The van der Waals surface area contributed by atoms with Gasteiger partial charge in [0.25, 0.3) is 0 Å². The number of hydrogen-bond acceptors (Lipinski definition) is 1. The highest BCUT2D eigenvalue weighted by Gasteiger charge is 2.51. The smallest absolute Gasteiger partial charge is 0.0538 e. The van der Waals surface area contributed by atoms with Gasteiger partial charge in [0.15, 0.2) is 0 Å². The van der Waals surface area contributed by atoms with Gasteiger partial charge >= 0.3 is 0 Å². The minimum atomic E-state index is 0.193. The number of fused-ring (bicyclic) bond motifs is 6. The van der Waals surface area contributed by atoms with Crippen molar-refractivity contribution in [1.29, 1.82) is 0 Å². The van der Waals surface area contributed by atoms with E-state index in [0.717, 1.165) is 25.7 Å². The van der Waals surface area contributed by atoms with E-state index in [1.165, 1.54) is 63.2 Å². The average molecular weight is 613 g/mol. The highest BCUT2D eigenvalue weighted by atomic mass is 15.2. The second-order valence-corrected chi connectivity index (χ2v) is 14.7. The van der Waals surface area contributed by atoms with Gasteiger partial charge in [0.05, 0.1) is 11.6 Å². The van der Waals surface area contributed by atoms with Crippen molar-refractivity contribution in [2.45, 2.75) is 58.4 Å². The maximum atomic E-state index is 2.68. The van der Waals surface area contributed by atoms with Crippen molar-refractivity contribution in [3.63, 3.8) is 0 Å². The number of benzene rings is 3. The lowest BCUT2D eigenvalue weighted by molar-refractivity contribution is 0.319. The third-order valence-electron chi connectivity index (χ3n) is 11.9. The van der Waals surface area contributed by atoms with E-state index in [4.69, 9.17) is 0 Å². The summed E-state index contributed by atoms with van der Waals surface area (Å²) in [7, 11) is 0. The molecule has 2 heteroatoms. The SMILES string of the molecule is CC1(C)C2=CC(N(C3=CC=C(c4ccc5c(c4)c4c(n5-c5ccccc5)CCC=C4)CC3)c3ccccc3)CCC2C2C=CC=CC21. The highest BCUT2D eigenvalue weighted by Crippen LogP contribution is 2.59. The first-order valence-corrected chi connectivity index (χ1v) is 17.8. The average Bonchev–Trinajstić information content (AvgIpc) is 3.58. The number of anilines is 1. The zero-order chi connectivity index (χ0) is 31.5. The Morgan fingerprint density at radius 2 is 1.62 bits per heavy atom. The summed E-state index contributed by atoms with van der Waals surface area (Å²) in [6.07, 6.45) is 28.5. The normalized spacial score (nSPS) is 25.4. The Morgan fingerprint density at radius 3 is 2.43 bits per heavy atom. The summed E-state index contributed by atoms with van der Waals surface area (Å²) in [4.78, 5) is 2.67. The zero-order valence-corrected chi connectivity index (χ0v) is 27.6. The van der Waals surface area contributed by atoms with Gasteiger partial charge in [0.1, 0.15) is 0 Å². The molecule has 0 N–H and O–H groups in total. The maximum Gasteiger partial charge on any atom is 0.0538 e. The molecular formula is C45H44N2. The third-order valence-corrected chi connectivity index (χ3v) is 11.9.